The molecule has 0 atom stereocenters. The Kier molecular flexibility index (Phi) is 6.60. The quantitative estimate of drug-likeness (QED) is 0.780. The first-order valence-corrected chi connectivity index (χ1v) is 8.34. The van der Waals surface area contributed by atoms with Crippen molar-refractivity contribution < 1.29 is 19.1 Å². The molecular formula is C20H24N2O4. The van der Waals surface area contributed by atoms with Gasteiger partial charge in [0.15, 0.2) is 13.2 Å². The number of hydrogen-bond acceptors (Lipinski definition) is 4. The van der Waals surface area contributed by atoms with Gasteiger partial charge in [0.25, 0.3) is 11.8 Å². The first-order chi connectivity index (χ1) is 12.4. The fraction of sp³-hybridized carbons (Fsp3) is 0.300. The number of para-hydroxylation sites is 1. The van der Waals surface area contributed by atoms with Crippen LogP contribution < -0.4 is 20.3 Å². The van der Waals surface area contributed by atoms with Crippen molar-refractivity contribution in [3.05, 3.63) is 58.7 Å². The zero-order valence-electron chi connectivity index (χ0n) is 15.5. The fourth-order valence-corrected chi connectivity index (χ4v) is 2.40. The third kappa shape index (κ3) is 5.24. The molecule has 0 aliphatic rings. The molecule has 0 aliphatic carbocycles. The molecule has 6 heteroatoms. The fourth-order valence-electron chi connectivity index (χ4n) is 2.40. The van der Waals surface area contributed by atoms with Crippen LogP contribution in [0, 0.1) is 27.7 Å². The van der Waals surface area contributed by atoms with Crippen LogP contribution in [0.15, 0.2) is 36.4 Å². The van der Waals surface area contributed by atoms with Gasteiger partial charge in [0.05, 0.1) is 0 Å². The summed E-state index contributed by atoms with van der Waals surface area (Å²) in [5.74, 6) is 0.413. The lowest BCUT2D eigenvalue weighted by Gasteiger charge is -2.13. The molecule has 2 N–H and O–H groups in total. The molecule has 0 aromatic heterocycles. The van der Waals surface area contributed by atoms with Crippen molar-refractivity contribution in [1.29, 1.82) is 0 Å². The zero-order valence-corrected chi connectivity index (χ0v) is 15.5. The number of aryl methyl sites for hydroxylation is 3. The summed E-state index contributed by atoms with van der Waals surface area (Å²) in [7, 11) is 0. The number of amides is 2. The maximum atomic E-state index is 11.8. The van der Waals surface area contributed by atoms with Gasteiger partial charge in [-0.05, 0) is 56.0 Å². The first kappa shape index (κ1) is 19.3. The van der Waals surface area contributed by atoms with Crippen molar-refractivity contribution in [2.45, 2.75) is 27.7 Å². The minimum atomic E-state index is -0.452. The van der Waals surface area contributed by atoms with Crippen LogP contribution in [0.4, 0.5) is 0 Å². The number of nitrogens with one attached hydrogen (secondary N) is 2. The van der Waals surface area contributed by atoms with Gasteiger partial charge >= 0.3 is 0 Å². The standard InChI is InChI=1S/C20H24N2O4/c1-13-7-6-10-17(16(13)4)25-11-18(23)21-22-19(24)12-26-20-14(2)8-5-9-15(20)3/h5-10H,11-12H2,1-4H3,(H,21,23)(H,22,24). The van der Waals surface area contributed by atoms with E-state index in [1.807, 2.05) is 58.0 Å². The molecule has 0 heterocycles. The van der Waals surface area contributed by atoms with E-state index in [4.69, 9.17) is 9.47 Å². The summed E-state index contributed by atoms with van der Waals surface area (Å²) in [6.07, 6.45) is 0. The van der Waals surface area contributed by atoms with E-state index in [0.717, 1.165) is 22.3 Å². The van der Waals surface area contributed by atoms with Gasteiger partial charge in [-0.2, -0.15) is 0 Å². The number of rotatable bonds is 6. The minimum absolute atomic E-state index is 0.191. The van der Waals surface area contributed by atoms with Crippen molar-refractivity contribution >= 4 is 11.8 Å². The first-order valence-electron chi connectivity index (χ1n) is 8.34. The summed E-state index contributed by atoms with van der Waals surface area (Å²) >= 11 is 0. The molecule has 0 saturated heterocycles. The van der Waals surface area contributed by atoms with Gasteiger partial charge in [0, 0.05) is 0 Å². The Morgan fingerprint density at radius 2 is 1.27 bits per heavy atom. The summed E-state index contributed by atoms with van der Waals surface area (Å²) in [4.78, 5) is 23.6. The van der Waals surface area contributed by atoms with E-state index < -0.39 is 11.8 Å². The van der Waals surface area contributed by atoms with Crippen molar-refractivity contribution in [3.63, 3.8) is 0 Å². The molecule has 0 saturated carbocycles. The molecule has 6 nitrogen and oxygen atoms in total. The molecule has 0 unspecified atom stereocenters. The normalized spacial score (nSPS) is 10.2. The average molecular weight is 356 g/mol. The molecule has 0 aliphatic heterocycles. The van der Waals surface area contributed by atoms with E-state index in [2.05, 4.69) is 10.9 Å². The van der Waals surface area contributed by atoms with Crippen molar-refractivity contribution in [2.75, 3.05) is 13.2 Å². The number of hydrazine groups is 1. The summed E-state index contributed by atoms with van der Waals surface area (Å²) in [6, 6.07) is 11.4. The average Bonchev–Trinajstić information content (AvgIpc) is 2.60. The van der Waals surface area contributed by atoms with Crippen LogP contribution in [-0.2, 0) is 9.59 Å². The third-order valence-electron chi connectivity index (χ3n) is 4.01. The number of ether oxygens (including phenoxy) is 2. The molecule has 26 heavy (non-hydrogen) atoms. The highest BCUT2D eigenvalue weighted by molar-refractivity contribution is 5.83. The van der Waals surface area contributed by atoms with Crippen LogP contribution in [0.25, 0.3) is 0 Å². The Balaban J connectivity index is 1.75. The number of carbonyl (C=O) groups excluding carboxylic acids is 2. The van der Waals surface area contributed by atoms with E-state index in [9.17, 15) is 9.59 Å². The van der Waals surface area contributed by atoms with Crippen molar-refractivity contribution in [1.82, 2.24) is 10.9 Å². The molecule has 2 aromatic carbocycles. The summed E-state index contributed by atoms with van der Waals surface area (Å²) in [6.45, 7) is 7.33. The van der Waals surface area contributed by atoms with Gasteiger partial charge < -0.3 is 9.47 Å². The lowest BCUT2D eigenvalue weighted by Crippen LogP contribution is -2.45. The molecule has 0 bridgehead atoms. The number of carbonyl (C=O) groups is 2. The highest BCUT2D eigenvalue weighted by Crippen LogP contribution is 2.22. The SMILES string of the molecule is Cc1cccc(OCC(=O)NNC(=O)COc2c(C)cccc2C)c1C. The van der Waals surface area contributed by atoms with Gasteiger partial charge in [-0.25, -0.2) is 0 Å². The molecule has 138 valence electrons. The van der Waals surface area contributed by atoms with Crippen LogP contribution in [0.1, 0.15) is 22.3 Å². The molecule has 0 fully saturated rings. The number of hydrogen-bond donors (Lipinski definition) is 2. The molecule has 0 radical (unpaired) electrons. The summed E-state index contributed by atoms with van der Waals surface area (Å²) in [5, 5.41) is 0. The van der Waals surface area contributed by atoms with E-state index in [0.29, 0.717) is 11.5 Å². The minimum Gasteiger partial charge on any atom is -0.483 e. The Morgan fingerprint density at radius 1 is 0.769 bits per heavy atom. The molecule has 2 amide bonds. The van der Waals surface area contributed by atoms with Gasteiger partial charge in [-0.15, -0.1) is 0 Å². The van der Waals surface area contributed by atoms with Crippen LogP contribution in [0.3, 0.4) is 0 Å². The zero-order chi connectivity index (χ0) is 19.1. The Bertz CT molecular complexity index is 782. The lowest BCUT2D eigenvalue weighted by atomic mass is 10.1. The number of benzene rings is 2. The van der Waals surface area contributed by atoms with E-state index in [1.165, 1.54) is 0 Å². The van der Waals surface area contributed by atoms with Crippen molar-refractivity contribution in [2.24, 2.45) is 0 Å². The predicted octanol–water partition coefficient (Wildman–Crippen LogP) is 2.53. The maximum Gasteiger partial charge on any atom is 0.276 e. The topological polar surface area (TPSA) is 76.7 Å². The van der Waals surface area contributed by atoms with Gasteiger partial charge in [0.1, 0.15) is 11.5 Å². The smallest absolute Gasteiger partial charge is 0.276 e. The summed E-state index contributed by atoms with van der Waals surface area (Å²) < 4.78 is 11.0. The van der Waals surface area contributed by atoms with Crippen molar-refractivity contribution in [3.8, 4) is 11.5 Å². The van der Waals surface area contributed by atoms with Gasteiger partial charge in [-0.3, -0.25) is 20.4 Å². The van der Waals surface area contributed by atoms with Crippen LogP contribution >= 0.6 is 0 Å². The van der Waals surface area contributed by atoms with Gasteiger partial charge in [0.2, 0.25) is 0 Å². The lowest BCUT2D eigenvalue weighted by molar-refractivity contribution is -0.131. The Morgan fingerprint density at radius 3 is 1.88 bits per heavy atom. The highest BCUT2D eigenvalue weighted by Gasteiger charge is 2.10. The van der Waals surface area contributed by atoms with E-state index >= 15 is 0 Å². The van der Waals surface area contributed by atoms with E-state index in [1.54, 1.807) is 6.07 Å². The van der Waals surface area contributed by atoms with Crippen LogP contribution in [-0.4, -0.2) is 25.0 Å². The van der Waals surface area contributed by atoms with E-state index in [-0.39, 0.29) is 13.2 Å². The largest absolute Gasteiger partial charge is 0.483 e. The predicted molar refractivity (Wildman–Crippen MR) is 99.1 cm³/mol. The van der Waals surface area contributed by atoms with Crippen LogP contribution in [0.5, 0.6) is 11.5 Å². The molecular weight excluding hydrogens is 332 g/mol. The second-order valence-corrected chi connectivity index (χ2v) is 6.09. The Hall–Kier alpha value is -3.02. The third-order valence-corrected chi connectivity index (χ3v) is 4.01. The highest BCUT2D eigenvalue weighted by atomic mass is 16.5. The Labute approximate surface area is 153 Å². The molecule has 0 spiro atoms. The molecule has 2 rings (SSSR count). The monoisotopic (exact) mass is 356 g/mol. The van der Waals surface area contributed by atoms with Crippen LogP contribution in [0.2, 0.25) is 0 Å². The second kappa shape index (κ2) is 8.89. The second-order valence-electron chi connectivity index (χ2n) is 6.09. The van der Waals surface area contributed by atoms with Gasteiger partial charge in [-0.1, -0.05) is 30.3 Å². The molecule has 2 aromatic rings. The summed E-state index contributed by atoms with van der Waals surface area (Å²) in [5.41, 5.74) is 8.58. The maximum absolute atomic E-state index is 11.8.